The van der Waals surface area contributed by atoms with Crippen molar-refractivity contribution in [3.8, 4) is 0 Å². The molecule has 0 spiro atoms. The zero-order valence-electron chi connectivity index (χ0n) is 13.0. The molecule has 22 heavy (non-hydrogen) atoms. The van der Waals surface area contributed by atoms with E-state index in [0.717, 1.165) is 5.16 Å². The number of amides is 1. The topological polar surface area (TPSA) is 82.4 Å². The van der Waals surface area contributed by atoms with Gasteiger partial charge in [0.1, 0.15) is 11.7 Å². The predicted molar refractivity (Wildman–Crippen MR) is 81.7 cm³/mol. The summed E-state index contributed by atoms with van der Waals surface area (Å²) in [6, 6.07) is 0. The van der Waals surface area contributed by atoms with Crippen LogP contribution in [0.15, 0.2) is 17.6 Å². The third kappa shape index (κ3) is 5.25. The Morgan fingerprint density at radius 1 is 1.50 bits per heavy atom. The van der Waals surface area contributed by atoms with Gasteiger partial charge < -0.3 is 19.4 Å². The highest BCUT2D eigenvalue weighted by molar-refractivity contribution is 7.99. The van der Waals surface area contributed by atoms with Crippen LogP contribution in [0.25, 0.3) is 0 Å². The van der Waals surface area contributed by atoms with Gasteiger partial charge in [0.05, 0.1) is 13.0 Å². The van der Waals surface area contributed by atoms with Crippen molar-refractivity contribution in [1.29, 1.82) is 0 Å². The van der Waals surface area contributed by atoms with Crippen molar-refractivity contribution >= 4 is 23.8 Å². The molecular weight excluding hydrogens is 306 g/mol. The summed E-state index contributed by atoms with van der Waals surface area (Å²) in [5.41, 5.74) is -0.549. The quantitative estimate of drug-likeness (QED) is 0.849. The number of carbonyl (C=O) groups excluding carboxylic acids is 2. The third-order valence-electron chi connectivity index (χ3n) is 2.77. The van der Waals surface area contributed by atoms with E-state index in [-0.39, 0.29) is 25.0 Å². The van der Waals surface area contributed by atoms with Crippen molar-refractivity contribution in [2.75, 3.05) is 12.3 Å². The SMILES string of the molecule is CC(C)(C)OC(=O)NCCC(=O)OC1CSc2nccn2C1. The molecule has 0 bridgehead atoms. The monoisotopic (exact) mass is 327 g/mol. The number of carbonyl (C=O) groups is 2. The number of rotatable bonds is 4. The maximum Gasteiger partial charge on any atom is 0.407 e. The van der Waals surface area contributed by atoms with Crippen molar-refractivity contribution in [2.45, 2.75) is 50.6 Å². The second-order valence-electron chi connectivity index (χ2n) is 5.96. The highest BCUT2D eigenvalue weighted by Crippen LogP contribution is 2.24. The van der Waals surface area contributed by atoms with Crippen LogP contribution in [-0.4, -0.2) is 45.6 Å². The molecule has 0 aromatic carbocycles. The van der Waals surface area contributed by atoms with Crippen LogP contribution in [0.4, 0.5) is 4.79 Å². The molecule has 0 aliphatic carbocycles. The maximum absolute atomic E-state index is 11.8. The number of imidazole rings is 1. The minimum atomic E-state index is -0.549. The van der Waals surface area contributed by atoms with Crippen LogP contribution < -0.4 is 5.32 Å². The largest absolute Gasteiger partial charge is 0.460 e. The first-order chi connectivity index (χ1) is 10.3. The van der Waals surface area contributed by atoms with Crippen LogP contribution >= 0.6 is 11.8 Å². The lowest BCUT2D eigenvalue weighted by atomic mass is 10.2. The molecular formula is C14H21N3O4S. The molecule has 0 radical (unpaired) electrons. The lowest BCUT2D eigenvalue weighted by Crippen LogP contribution is -2.34. The number of hydrogen-bond acceptors (Lipinski definition) is 6. The van der Waals surface area contributed by atoms with Gasteiger partial charge in [0.25, 0.3) is 0 Å². The molecule has 1 aliphatic rings. The fraction of sp³-hybridized carbons (Fsp3) is 0.643. The van der Waals surface area contributed by atoms with Crippen molar-refractivity contribution in [3.63, 3.8) is 0 Å². The minimum absolute atomic E-state index is 0.122. The molecule has 7 nitrogen and oxygen atoms in total. The molecule has 0 saturated heterocycles. The highest BCUT2D eigenvalue weighted by atomic mass is 32.2. The molecule has 1 unspecified atom stereocenters. The van der Waals surface area contributed by atoms with Crippen molar-refractivity contribution < 1.29 is 19.1 Å². The zero-order valence-corrected chi connectivity index (χ0v) is 13.8. The molecule has 8 heteroatoms. The number of hydrogen-bond donors (Lipinski definition) is 1. The first kappa shape index (κ1) is 16.7. The number of esters is 1. The van der Waals surface area contributed by atoms with Gasteiger partial charge in [-0.1, -0.05) is 11.8 Å². The number of alkyl carbamates (subject to hydrolysis) is 1. The number of fused-ring (bicyclic) bond motifs is 1. The number of ether oxygens (including phenoxy) is 2. The Balaban J connectivity index is 1.66. The second-order valence-corrected chi connectivity index (χ2v) is 6.95. The van der Waals surface area contributed by atoms with E-state index in [1.54, 1.807) is 38.7 Å². The Bertz CT molecular complexity index is 538. The molecule has 1 amide bonds. The van der Waals surface area contributed by atoms with Crippen LogP contribution in [0.3, 0.4) is 0 Å². The molecule has 2 rings (SSSR count). The second kappa shape index (κ2) is 7.04. The van der Waals surface area contributed by atoms with E-state index in [2.05, 4.69) is 10.3 Å². The Morgan fingerprint density at radius 3 is 3.00 bits per heavy atom. The van der Waals surface area contributed by atoms with E-state index < -0.39 is 11.7 Å². The molecule has 1 atom stereocenters. The molecule has 1 aromatic rings. The van der Waals surface area contributed by atoms with Gasteiger partial charge >= 0.3 is 12.1 Å². The van der Waals surface area contributed by atoms with E-state index in [0.29, 0.717) is 12.3 Å². The molecule has 0 saturated carbocycles. The minimum Gasteiger partial charge on any atom is -0.460 e. The van der Waals surface area contributed by atoms with Gasteiger partial charge in [0, 0.05) is 24.7 Å². The lowest BCUT2D eigenvalue weighted by molar-refractivity contribution is -0.148. The van der Waals surface area contributed by atoms with E-state index in [4.69, 9.17) is 9.47 Å². The molecule has 122 valence electrons. The first-order valence-electron chi connectivity index (χ1n) is 7.14. The fourth-order valence-electron chi connectivity index (χ4n) is 1.91. The van der Waals surface area contributed by atoms with Gasteiger partial charge in [-0.25, -0.2) is 9.78 Å². The van der Waals surface area contributed by atoms with Gasteiger partial charge in [-0.2, -0.15) is 0 Å². The smallest absolute Gasteiger partial charge is 0.407 e. The highest BCUT2D eigenvalue weighted by Gasteiger charge is 2.22. The maximum atomic E-state index is 11.8. The van der Waals surface area contributed by atoms with Crippen LogP contribution in [0.1, 0.15) is 27.2 Å². The molecule has 0 fully saturated rings. The fourth-order valence-corrected chi connectivity index (χ4v) is 2.86. The standard InChI is InChI=1S/C14H21N3O4S/c1-14(2,3)21-13(19)16-5-4-11(18)20-10-8-17-7-6-15-12(17)22-9-10/h6-7,10H,4-5,8-9H2,1-3H3,(H,16,19). The molecule has 1 N–H and O–H groups in total. The molecule has 2 heterocycles. The summed E-state index contributed by atoms with van der Waals surface area (Å²) in [6.07, 6.45) is 3.03. The van der Waals surface area contributed by atoms with Gasteiger partial charge in [0.15, 0.2) is 5.16 Å². The lowest BCUT2D eigenvalue weighted by Gasteiger charge is -2.23. The van der Waals surface area contributed by atoms with Crippen LogP contribution in [0.2, 0.25) is 0 Å². The number of aromatic nitrogens is 2. The summed E-state index contributed by atoms with van der Waals surface area (Å²) >= 11 is 1.57. The van der Waals surface area contributed by atoms with Crippen LogP contribution in [0.5, 0.6) is 0 Å². The van der Waals surface area contributed by atoms with E-state index in [9.17, 15) is 9.59 Å². The average Bonchev–Trinajstić information content (AvgIpc) is 2.83. The Hall–Kier alpha value is -1.70. The third-order valence-corrected chi connectivity index (χ3v) is 3.91. The Kier molecular flexibility index (Phi) is 5.33. The zero-order chi connectivity index (χ0) is 16.2. The summed E-state index contributed by atoms with van der Waals surface area (Å²) in [4.78, 5) is 27.4. The van der Waals surface area contributed by atoms with Crippen LogP contribution in [0, 0.1) is 0 Å². The van der Waals surface area contributed by atoms with Crippen molar-refractivity contribution in [3.05, 3.63) is 12.4 Å². The van der Waals surface area contributed by atoms with Crippen molar-refractivity contribution in [1.82, 2.24) is 14.9 Å². The predicted octanol–water partition coefficient (Wildman–Crippen LogP) is 1.82. The Labute approximate surface area is 133 Å². The Morgan fingerprint density at radius 2 is 2.27 bits per heavy atom. The first-order valence-corrected chi connectivity index (χ1v) is 8.12. The van der Waals surface area contributed by atoms with Gasteiger partial charge in [0.2, 0.25) is 0 Å². The van der Waals surface area contributed by atoms with Gasteiger partial charge in [-0.05, 0) is 20.8 Å². The molecule has 1 aliphatic heterocycles. The van der Waals surface area contributed by atoms with Gasteiger partial charge in [-0.15, -0.1) is 0 Å². The van der Waals surface area contributed by atoms with E-state index in [1.165, 1.54) is 0 Å². The van der Waals surface area contributed by atoms with Crippen molar-refractivity contribution in [2.24, 2.45) is 0 Å². The van der Waals surface area contributed by atoms with E-state index >= 15 is 0 Å². The number of thioether (sulfide) groups is 1. The summed E-state index contributed by atoms with van der Waals surface area (Å²) < 4.78 is 12.4. The molecule has 1 aromatic heterocycles. The van der Waals surface area contributed by atoms with Crippen LogP contribution in [-0.2, 0) is 20.8 Å². The normalized spacial score (nSPS) is 17.5. The number of nitrogens with one attached hydrogen (secondary N) is 1. The van der Waals surface area contributed by atoms with Gasteiger partial charge in [-0.3, -0.25) is 4.79 Å². The summed E-state index contributed by atoms with van der Waals surface area (Å²) in [7, 11) is 0. The number of nitrogens with zero attached hydrogens (tertiary/aromatic N) is 2. The van der Waals surface area contributed by atoms with E-state index in [1.807, 2.05) is 10.8 Å². The summed E-state index contributed by atoms with van der Waals surface area (Å²) in [5.74, 6) is 0.368. The average molecular weight is 327 g/mol. The summed E-state index contributed by atoms with van der Waals surface area (Å²) in [6.45, 7) is 6.17. The summed E-state index contributed by atoms with van der Waals surface area (Å²) in [5, 5.41) is 3.48.